The van der Waals surface area contributed by atoms with Crippen LogP contribution in [0.5, 0.6) is 5.75 Å². The van der Waals surface area contributed by atoms with E-state index in [4.69, 9.17) is 27.9 Å². The SMILES string of the molecule is COc1ccc(C2CCCN2CCNS(=O)(=O)c2cc(C)c(Cl)cc2Cl)cc1. The van der Waals surface area contributed by atoms with Crippen molar-refractivity contribution in [3.8, 4) is 5.75 Å². The second kappa shape index (κ2) is 9.01. The van der Waals surface area contributed by atoms with Crippen LogP contribution in [-0.4, -0.2) is 40.1 Å². The molecule has 3 rings (SSSR count). The highest BCUT2D eigenvalue weighted by molar-refractivity contribution is 7.89. The molecule has 1 unspecified atom stereocenters. The number of nitrogens with zero attached hydrogens (tertiary/aromatic N) is 1. The lowest BCUT2D eigenvalue weighted by molar-refractivity contribution is 0.261. The fourth-order valence-electron chi connectivity index (χ4n) is 3.54. The van der Waals surface area contributed by atoms with Crippen LogP contribution < -0.4 is 9.46 Å². The van der Waals surface area contributed by atoms with Gasteiger partial charge in [-0.3, -0.25) is 4.90 Å². The number of rotatable bonds is 7. The van der Waals surface area contributed by atoms with Crippen LogP contribution in [0.15, 0.2) is 41.3 Å². The molecule has 8 heteroatoms. The van der Waals surface area contributed by atoms with Crippen molar-refractivity contribution in [2.75, 3.05) is 26.7 Å². The first-order chi connectivity index (χ1) is 13.3. The molecule has 2 aromatic carbocycles. The predicted octanol–water partition coefficient (Wildman–Crippen LogP) is 4.43. The highest BCUT2D eigenvalue weighted by atomic mass is 35.5. The van der Waals surface area contributed by atoms with Gasteiger partial charge in [0.05, 0.1) is 12.1 Å². The Labute approximate surface area is 176 Å². The van der Waals surface area contributed by atoms with Crippen LogP contribution in [-0.2, 0) is 10.0 Å². The molecule has 0 spiro atoms. The Hall–Kier alpha value is -1.31. The fraction of sp³-hybridized carbons (Fsp3) is 0.400. The van der Waals surface area contributed by atoms with Crippen LogP contribution in [0.25, 0.3) is 0 Å². The summed E-state index contributed by atoms with van der Waals surface area (Å²) in [5.74, 6) is 0.830. The summed E-state index contributed by atoms with van der Waals surface area (Å²) in [7, 11) is -2.05. The maximum atomic E-state index is 12.6. The molecule has 0 bridgehead atoms. The van der Waals surface area contributed by atoms with Crippen LogP contribution in [0.2, 0.25) is 10.0 Å². The zero-order valence-corrected chi connectivity index (χ0v) is 18.2. The van der Waals surface area contributed by atoms with Crippen LogP contribution >= 0.6 is 23.2 Å². The molecule has 152 valence electrons. The van der Waals surface area contributed by atoms with Gasteiger partial charge in [-0.25, -0.2) is 13.1 Å². The van der Waals surface area contributed by atoms with E-state index < -0.39 is 10.0 Å². The summed E-state index contributed by atoms with van der Waals surface area (Å²) in [6, 6.07) is 11.3. The van der Waals surface area contributed by atoms with Gasteiger partial charge in [0, 0.05) is 24.2 Å². The third-order valence-electron chi connectivity index (χ3n) is 5.06. The summed E-state index contributed by atoms with van der Waals surface area (Å²) in [5, 5.41) is 0.573. The first-order valence-electron chi connectivity index (χ1n) is 9.15. The van der Waals surface area contributed by atoms with Gasteiger partial charge in [0.15, 0.2) is 0 Å². The van der Waals surface area contributed by atoms with Gasteiger partial charge in [-0.1, -0.05) is 35.3 Å². The van der Waals surface area contributed by atoms with E-state index in [1.807, 2.05) is 12.1 Å². The largest absolute Gasteiger partial charge is 0.497 e. The van der Waals surface area contributed by atoms with Gasteiger partial charge >= 0.3 is 0 Å². The molecule has 1 aliphatic rings. The molecule has 1 N–H and O–H groups in total. The van der Waals surface area contributed by atoms with E-state index in [0.29, 0.717) is 23.7 Å². The molecule has 1 aliphatic heterocycles. The molecule has 0 radical (unpaired) electrons. The zero-order chi connectivity index (χ0) is 20.3. The number of halogens is 2. The van der Waals surface area contributed by atoms with Crippen LogP contribution in [0.4, 0.5) is 0 Å². The Bertz CT molecular complexity index is 933. The van der Waals surface area contributed by atoms with Gasteiger partial charge in [-0.2, -0.15) is 0 Å². The number of hydrogen-bond donors (Lipinski definition) is 1. The second-order valence-corrected chi connectivity index (χ2v) is 9.45. The Balaban J connectivity index is 1.64. The van der Waals surface area contributed by atoms with Gasteiger partial charge in [-0.15, -0.1) is 0 Å². The number of benzene rings is 2. The number of nitrogens with one attached hydrogen (secondary N) is 1. The Morgan fingerprint density at radius 2 is 1.89 bits per heavy atom. The molecular formula is C20H24Cl2N2O3S. The topological polar surface area (TPSA) is 58.6 Å². The highest BCUT2D eigenvalue weighted by Crippen LogP contribution is 2.32. The summed E-state index contributed by atoms with van der Waals surface area (Å²) in [5.41, 5.74) is 1.89. The Morgan fingerprint density at radius 1 is 1.18 bits per heavy atom. The quantitative estimate of drug-likeness (QED) is 0.688. The van der Waals surface area contributed by atoms with E-state index in [1.165, 1.54) is 17.7 Å². The highest BCUT2D eigenvalue weighted by Gasteiger charge is 2.26. The average molecular weight is 443 g/mol. The summed E-state index contributed by atoms with van der Waals surface area (Å²) >= 11 is 12.1. The number of likely N-dealkylation sites (tertiary alicyclic amines) is 1. The Kier molecular flexibility index (Phi) is 6.89. The number of ether oxygens (including phenoxy) is 1. The summed E-state index contributed by atoms with van der Waals surface area (Å²) in [4.78, 5) is 2.36. The molecule has 0 aromatic heterocycles. The molecule has 0 saturated carbocycles. The van der Waals surface area contributed by atoms with E-state index in [1.54, 1.807) is 14.0 Å². The van der Waals surface area contributed by atoms with Gasteiger partial charge in [-0.05, 0) is 61.7 Å². The van der Waals surface area contributed by atoms with Crippen molar-refractivity contribution in [3.05, 3.63) is 57.6 Å². The maximum Gasteiger partial charge on any atom is 0.242 e. The zero-order valence-electron chi connectivity index (χ0n) is 15.9. The molecule has 0 amide bonds. The first-order valence-corrected chi connectivity index (χ1v) is 11.4. The molecule has 1 heterocycles. The van der Waals surface area contributed by atoms with Gasteiger partial charge < -0.3 is 4.74 Å². The van der Waals surface area contributed by atoms with Crippen molar-refractivity contribution in [2.45, 2.75) is 30.7 Å². The molecular weight excluding hydrogens is 419 g/mol. The van der Waals surface area contributed by atoms with Crippen LogP contribution in [0.3, 0.4) is 0 Å². The monoisotopic (exact) mass is 442 g/mol. The Morgan fingerprint density at radius 3 is 2.57 bits per heavy atom. The maximum absolute atomic E-state index is 12.6. The van der Waals surface area contributed by atoms with Crippen molar-refractivity contribution in [2.24, 2.45) is 0 Å². The minimum Gasteiger partial charge on any atom is -0.497 e. The molecule has 1 fully saturated rings. The summed E-state index contributed by atoms with van der Waals surface area (Å²) < 4.78 is 33.2. The van der Waals surface area contributed by atoms with Crippen LogP contribution in [0.1, 0.15) is 30.0 Å². The minimum absolute atomic E-state index is 0.0594. The first kappa shape index (κ1) is 21.4. The van der Waals surface area contributed by atoms with E-state index in [9.17, 15) is 8.42 Å². The van der Waals surface area contributed by atoms with Crippen molar-refractivity contribution in [3.63, 3.8) is 0 Å². The third-order valence-corrected chi connectivity index (χ3v) is 7.39. The van der Waals surface area contributed by atoms with Crippen molar-refractivity contribution in [1.29, 1.82) is 0 Å². The third kappa shape index (κ3) is 4.81. The lowest BCUT2D eigenvalue weighted by Gasteiger charge is -2.25. The lowest BCUT2D eigenvalue weighted by atomic mass is 10.0. The molecule has 2 aromatic rings. The molecule has 1 atom stereocenters. The predicted molar refractivity (Wildman–Crippen MR) is 113 cm³/mol. The standard InChI is InChI=1S/C20H24Cl2N2O3S/c1-14-12-20(18(22)13-17(14)21)28(25,26)23-9-11-24-10-3-4-19(24)15-5-7-16(27-2)8-6-15/h5-8,12-13,19,23H,3-4,9-11H2,1-2H3. The van der Waals surface area contributed by atoms with Gasteiger partial charge in [0.2, 0.25) is 10.0 Å². The number of aryl methyl sites for hydroxylation is 1. The van der Waals surface area contributed by atoms with Crippen molar-refractivity contribution >= 4 is 33.2 Å². The smallest absolute Gasteiger partial charge is 0.242 e. The van der Waals surface area contributed by atoms with Crippen molar-refractivity contribution in [1.82, 2.24) is 9.62 Å². The summed E-state index contributed by atoms with van der Waals surface area (Å²) in [6.07, 6.45) is 2.15. The second-order valence-electron chi connectivity index (χ2n) is 6.90. The number of methoxy groups -OCH3 is 1. The fourth-order valence-corrected chi connectivity index (χ4v) is 5.39. The average Bonchev–Trinajstić information content (AvgIpc) is 3.13. The van der Waals surface area contributed by atoms with Crippen LogP contribution in [0, 0.1) is 6.92 Å². The van der Waals surface area contributed by atoms with Gasteiger partial charge in [0.25, 0.3) is 0 Å². The van der Waals surface area contributed by atoms with Gasteiger partial charge in [0.1, 0.15) is 10.6 Å². The summed E-state index contributed by atoms with van der Waals surface area (Å²) in [6.45, 7) is 3.63. The van der Waals surface area contributed by atoms with E-state index in [0.717, 1.165) is 25.1 Å². The molecule has 0 aliphatic carbocycles. The lowest BCUT2D eigenvalue weighted by Crippen LogP contribution is -2.34. The van der Waals surface area contributed by atoms with E-state index in [-0.39, 0.29) is 16.0 Å². The van der Waals surface area contributed by atoms with Crippen molar-refractivity contribution < 1.29 is 13.2 Å². The molecule has 5 nitrogen and oxygen atoms in total. The minimum atomic E-state index is -3.70. The number of sulfonamides is 1. The number of hydrogen-bond acceptors (Lipinski definition) is 4. The normalized spacial score (nSPS) is 17.8. The van der Waals surface area contributed by atoms with E-state index >= 15 is 0 Å². The molecule has 28 heavy (non-hydrogen) atoms. The molecule has 1 saturated heterocycles. The van der Waals surface area contributed by atoms with E-state index in [2.05, 4.69) is 21.8 Å².